The second-order valence-electron chi connectivity index (χ2n) is 4.06. The Labute approximate surface area is 95.1 Å². The topological polar surface area (TPSA) is 58.5 Å². The molecule has 1 fully saturated rings. The van der Waals surface area contributed by atoms with Crippen molar-refractivity contribution in [3.8, 4) is 5.88 Å². The van der Waals surface area contributed by atoms with Gasteiger partial charge in [0.05, 0.1) is 7.11 Å². The summed E-state index contributed by atoms with van der Waals surface area (Å²) in [5.41, 5.74) is 0. The molecule has 88 valence electrons. The number of piperidine rings is 1. The van der Waals surface area contributed by atoms with Crippen molar-refractivity contribution in [3.63, 3.8) is 0 Å². The molecule has 16 heavy (non-hydrogen) atoms. The molecule has 5 heteroatoms. The van der Waals surface area contributed by atoms with E-state index in [1.807, 2.05) is 6.07 Å². The van der Waals surface area contributed by atoms with Gasteiger partial charge in [-0.25, -0.2) is 9.97 Å². The maximum absolute atomic E-state index is 9.17. The summed E-state index contributed by atoms with van der Waals surface area (Å²) in [6, 6.07) is 1.83. The van der Waals surface area contributed by atoms with Crippen LogP contribution in [0.3, 0.4) is 0 Å². The average molecular weight is 223 g/mol. The largest absolute Gasteiger partial charge is 0.481 e. The van der Waals surface area contributed by atoms with Crippen LogP contribution >= 0.6 is 0 Å². The van der Waals surface area contributed by atoms with Crippen LogP contribution in [-0.2, 0) is 0 Å². The molecule has 0 spiro atoms. The first-order chi connectivity index (χ1) is 7.83. The number of methoxy groups -OCH3 is 1. The third-order valence-corrected chi connectivity index (χ3v) is 2.94. The highest BCUT2D eigenvalue weighted by Gasteiger charge is 2.20. The minimum atomic E-state index is 0.249. The van der Waals surface area contributed by atoms with E-state index >= 15 is 0 Å². The van der Waals surface area contributed by atoms with Crippen molar-refractivity contribution < 1.29 is 9.84 Å². The van der Waals surface area contributed by atoms with Crippen LogP contribution in [0, 0.1) is 5.92 Å². The Morgan fingerprint density at radius 1 is 1.56 bits per heavy atom. The Morgan fingerprint density at radius 3 is 3.19 bits per heavy atom. The highest BCUT2D eigenvalue weighted by Crippen LogP contribution is 2.22. The summed E-state index contributed by atoms with van der Waals surface area (Å²) in [5.74, 6) is 1.82. The van der Waals surface area contributed by atoms with Gasteiger partial charge in [0.25, 0.3) is 0 Å². The van der Waals surface area contributed by atoms with Gasteiger partial charge in [0.2, 0.25) is 5.88 Å². The van der Waals surface area contributed by atoms with Crippen molar-refractivity contribution >= 4 is 5.82 Å². The number of aliphatic hydroxyl groups is 1. The molecular formula is C11H17N3O2. The van der Waals surface area contributed by atoms with Gasteiger partial charge in [-0.1, -0.05) is 0 Å². The van der Waals surface area contributed by atoms with E-state index in [1.165, 1.54) is 6.33 Å². The van der Waals surface area contributed by atoms with E-state index < -0.39 is 0 Å². The quantitative estimate of drug-likeness (QED) is 0.817. The molecule has 1 saturated heterocycles. The maximum Gasteiger partial charge on any atom is 0.218 e. The maximum atomic E-state index is 9.17. The predicted molar refractivity (Wildman–Crippen MR) is 60.6 cm³/mol. The third kappa shape index (κ3) is 2.41. The molecule has 1 unspecified atom stereocenters. The fourth-order valence-corrected chi connectivity index (χ4v) is 2.04. The summed E-state index contributed by atoms with van der Waals surface area (Å²) in [6.07, 6.45) is 3.70. The molecule has 1 aliphatic heterocycles. The zero-order valence-electron chi connectivity index (χ0n) is 9.46. The summed E-state index contributed by atoms with van der Waals surface area (Å²) in [6.45, 7) is 2.09. The van der Waals surface area contributed by atoms with Gasteiger partial charge in [0.15, 0.2) is 0 Å². The van der Waals surface area contributed by atoms with E-state index in [0.29, 0.717) is 11.8 Å². The lowest BCUT2D eigenvalue weighted by Gasteiger charge is -2.32. The molecule has 0 aliphatic carbocycles. The fraction of sp³-hybridized carbons (Fsp3) is 0.636. The van der Waals surface area contributed by atoms with Crippen LogP contribution in [0.15, 0.2) is 12.4 Å². The minimum Gasteiger partial charge on any atom is -0.481 e. The van der Waals surface area contributed by atoms with Crippen LogP contribution < -0.4 is 9.64 Å². The molecule has 1 N–H and O–H groups in total. The molecule has 2 heterocycles. The van der Waals surface area contributed by atoms with Gasteiger partial charge in [-0.15, -0.1) is 0 Å². The lowest BCUT2D eigenvalue weighted by atomic mass is 9.99. The molecule has 0 radical (unpaired) electrons. The second kappa shape index (κ2) is 5.12. The van der Waals surface area contributed by atoms with E-state index in [4.69, 9.17) is 4.74 Å². The number of nitrogens with zero attached hydrogens (tertiary/aromatic N) is 3. The van der Waals surface area contributed by atoms with Crippen LogP contribution in [-0.4, -0.2) is 41.9 Å². The van der Waals surface area contributed by atoms with Crippen molar-refractivity contribution in [2.75, 3.05) is 31.7 Å². The van der Waals surface area contributed by atoms with Crippen LogP contribution in [0.25, 0.3) is 0 Å². The number of hydrogen-bond donors (Lipinski definition) is 1. The number of aliphatic hydroxyl groups excluding tert-OH is 1. The first kappa shape index (κ1) is 11.1. The van der Waals surface area contributed by atoms with Gasteiger partial charge in [-0.05, 0) is 18.8 Å². The lowest BCUT2D eigenvalue weighted by molar-refractivity contribution is 0.208. The van der Waals surface area contributed by atoms with Crippen LogP contribution in [0.5, 0.6) is 5.88 Å². The first-order valence-corrected chi connectivity index (χ1v) is 5.55. The second-order valence-corrected chi connectivity index (χ2v) is 4.06. The zero-order valence-corrected chi connectivity index (χ0v) is 9.46. The Kier molecular flexibility index (Phi) is 3.56. The Balaban J connectivity index is 2.10. The minimum absolute atomic E-state index is 0.249. The van der Waals surface area contributed by atoms with E-state index in [1.54, 1.807) is 7.11 Å². The molecular weight excluding hydrogens is 206 g/mol. The number of ether oxygens (including phenoxy) is 1. The smallest absolute Gasteiger partial charge is 0.218 e. The van der Waals surface area contributed by atoms with Crippen LogP contribution in [0.2, 0.25) is 0 Å². The van der Waals surface area contributed by atoms with Gasteiger partial charge >= 0.3 is 0 Å². The normalized spacial score (nSPS) is 20.9. The number of hydrogen-bond acceptors (Lipinski definition) is 5. The van der Waals surface area contributed by atoms with E-state index in [9.17, 15) is 5.11 Å². The number of anilines is 1. The van der Waals surface area contributed by atoms with Gasteiger partial charge in [-0.2, -0.15) is 0 Å². The molecule has 5 nitrogen and oxygen atoms in total. The molecule has 0 amide bonds. The van der Waals surface area contributed by atoms with Crippen LogP contribution in [0.1, 0.15) is 12.8 Å². The SMILES string of the molecule is COc1cc(N2CCCC(CO)C2)ncn1. The monoisotopic (exact) mass is 223 g/mol. The molecule has 1 aromatic heterocycles. The van der Waals surface area contributed by atoms with Crippen LogP contribution in [0.4, 0.5) is 5.82 Å². The molecule has 0 saturated carbocycles. The summed E-state index contributed by atoms with van der Waals surface area (Å²) < 4.78 is 5.07. The lowest BCUT2D eigenvalue weighted by Crippen LogP contribution is -2.37. The van der Waals surface area contributed by atoms with E-state index in [0.717, 1.165) is 31.7 Å². The molecule has 0 aromatic carbocycles. The summed E-state index contributed by atoms with van der Waals surface area (Å²) in [7, 11) is 1.60. The van der Waals surface area contributed by atoms with Gasteiger partial charge in [0, 0.05) is 25.8 Å². The molecule has 1 atom stereocenters. The highest BCUT2D eigenvalue weighted by molar-refractivity contribution is 5.41. The predicted octanol–water partition coefficient (Wildman–Crippen LogP) is 0.694. The fourth-order valence-electron chi connectivity index (χ4n) is 2.04. The average Bonchev–Trinajstić information content (AvgIpc) is 2.39. The summed E-state index contributed by atoms with van der Waals surface area (Å²) >= 11 is 0. The van der Waals surface area contributed by atoms with E-state index in [-0.39, 0.29) is 6.61 Å². The molecule has 0 bridgehead atoms. The van der Waals surface area contributed by atoms with E-state index in [2.05, 4.69) is 14.9 Å². The van der Waals surface area contributed by atoms with Crippen molar-refractivity contribution in [1.29, 1.82) is 0 Å². The Hall–Kier alpha value is -1.36. The standard InChI is InChI=1S/C11H17N3O2/c1-16-11-5-10(12-8-13-11)14-4-2-3-9(6-14)7-15/h5,8-9,15H,2-4,6-7H2,1H3. The molecule has 1 aromatic rings. The Bertz CT molecular complexity index is 346. The summed E-state index contributed by atoms with van der Waals surface area (Å²) in [4.78, 5) is 10.4. The Morgan fingerprint density at radius 2 is 2.44 bits per heavy atom. The molecule has 2 rings (SSSR count). The van der Waals surface area contributed by atoms with Gasteiger partial charge in [0.1, 0.15) is 12.1 Å². The highest BCUT2D eigenvalue weighted by atomic mass is 16.5. The number of aromatic nitrogens is 2. The molecule has 1 aliphatic rings. The third-order valence-electron chi connectivity index (χ3n) is 2.94. The van der Waals surface area contributed by atoms with Crippen molar-refractivity contribution in [1.82, 2.24) is 9.97 Å². The van der Waals surface area contributed by atoms with Crippen molar-refractivity contribution in [3.05, 3.63) is 12.4 Å². The summed E-state index contributed by atoms with van der Waals surface area (Å²) in [5, 5.41) is 9.17. The first-order valence-electron chi connectivity index (χ1n) is 5.55. The van der Waals surface area contributed by atoms with Crippen molar-refractivity contribution in [2.45, 2.75) is 12.8 Å². The zero-order chi connectivity index (χ0) is 11.4. The number of rotatable bonds is 3. The van der Waals surface area contributed by atoms with Crippen molar-refractivity contribution in [2.24, 2.45) is 5.92 Å². The van der Waals surface area contributed by atoms with Gasteiger partial charge < -0.3 is 14.7 Å². The van der Waals surface area contributed by atoms with Gasteiger partial charge in [-0.3, -0.25) is 0 Å².